The monoisotopic (exact) mass is 261 g/mol. The van der Waals surface area contributed by atoms with Crippen molar-refractivity contribution >= 4 is 17.1 Å². The van der Waals surface area contributed by atoms with Gasteiger partial charge in [-0.3, -0.25) is 9.25 Å². The summed E-state index contributed by atoms with van der Waals surface area (Å²) in [6, 6.07) is 0.380. The lowest BCUT2D eigenvalue weighted by Gasteiger charge is -2.08. The quantitative estimate of drug-likeness (QED) is 0.903. The van der Waals surface area contributed by atoms with Crippen LogP contribution < -0.4 is 5.73 Å². The van der Waals surface area contributed by atoms with E-state index in [0.29, 0.717) is 12.0 Å². The molecule has 2 heterocycles. The first-order valence-corrected chi connectivity index (χ1v) is 6.92. The van der Waals surface area contributed by atoms with Gasteiger partial charge in [0, 0.05) is 13.1 Å². The van der Waals surface area contributed by atoms with Crippen LogP contribution in [0.4, 0.5) is 5.95 Å². The summed E-state index contributed by atoms with van der Waals surface area (Å²) in [5, 5.41) is 4.55. The SMILES string of the molecule is CCc1nn(C)c2c1nc(N)n2C1C(C)(C)C1(C)C. The van der Waals surface area contributed by atoms with Crippen molar-refractivity contribution in [2.24, 2.45) is 17.9 Å². The summed E-state index contributed by atoms with van der Waals surface area (Å²) in [4.78, 5) is 4.55. The van der Waals surface area contributed by atoms with E-state index in [-0.39, 0.29) is 10.8 Å². The summed E-state index contributed by atoms with van der Waals surface area (Å²) in [5.74, 6) is 0.612. The van der Waals surface area contributed by atoms with Gasteiger partial charge in [0.2, 0.25) is 5.95 Å². The van der Waals surface area contributed by atoms with Crippen molar-refractivity contribution in [3.63, 3.8) is 0 Å². The molecule has 2 N–H and O–H groups in total. The van der Waals surface area contributed by atoms with Crippen molar-refractivity contribution in [2.45, 2.75) is 47.1 Å². The van der Waals surface area contributed by atoms with Crippen LogP contribution in [0.25, 0.3) is 11.2 Å². The molecule has 0 saturated heterocycles. The van der Waals surface area contributed by atoms with Crippen LogP contribution in [0.3, 0.4) is 0 Å². The number of nitrogens with two attached hydrogens (primary N) is 1. The third-order valence-electron chi connectivity index (χ3n) is 5.30. The maximum atomic E-state index is 6.18. The van der Waals surface area contributed by atoms with E-state index < -0.39 is 0 Å². The van der Waals surface area contributed by atoms with Gasteiger partial charge in [0.25, 0.3) is 0 Å². The van der Waals surface area contributed by atoms with Crippen LogP contribution in [0, 0.1) is 10.8 Å². The van der Waals surface area contributed by atoms with Crippen LogP contribution in [-0.2, 0) is 13.5 Å². The molecular weight excluding hydrogens is 238 g/mol. The molecule has 5 heteroatoms. The molecule has 1 aliphatic rings. The molecule has 0 aromatic carbocycles. The number of hydrogen-bond donors (Lipinski definition) is 1. The zero-order valence-electron chi connectivity index (χ0n) is 12.7. The molecule has 19 heavy (non-hydrogen) atoms. The molecule has 5 nitrogen and oxygen atoms in total. The van der Waals surface area contributed by atoms with Crippen LogP contribution in [-0.4, -0.2) is 19.3 Å². The van der Waals surface area contributed by atoms with Crippen LogP contribution in [0.15, 0.2) is 0 Å². The molecule has 0 unspecified atom stereocenters. The third kappa shape index (κ3) is 1.30. The zero-order chi connectivity index (χ0) is 14.2. The number of anilines is 1. The van der Waals surface area contributed by atoms with Crippen LogP contribution in [0.2, 0.25) is 0 Å². The minimum atomic E-state index is 0.228. The van der Waals surface area contributed by atoms with Gasteiger partial charge >= 0.3 is 0 Å². The maximum absolute atomic E-state index is 6.18. The van der Waals surface area contributed by atoms with Gasteiger partial charge in [-0.15, -0.1) is 0 Å². The Labute approximate surface area is 113 Å². The van der Waals surface area contributed by atoms with E-state index in [1.165, 1.54) is 0 Å². The highest BCUT2D eigenvalue weighted by Gasteiger charge is 2.66. The first-order chi connectivity index (χ1) is 8.73. The van der Waals surface area contributed by atoms with E-state index in [1.54, 1.807) is 0 Å². The molecule has 0 amide bonds. The van der Waals surface area contributed by atoms with Crippen molar-refractivity contribution in [1.29, 1.82) is 0 Å². The van der Waals surface area contributed by atoms with Crippen molar-refractivity contribution in [2.75, 3.05) is 5.73 Å². The molecule has 1 fully saturated rings. The summed E-state index contributed by atoms with van der Waals surface area (Å²) in [7, 11) is 1.97. The number of hydrogen-bond acceptors (Lipinski definition) is 3. The fourth-order valence-electron chi connectivity index (χ4n) is 3.52. The highest BCUT2D eigenvalue weighted by Crippen LogP contribution is 2.72. The number of rotatable bonds is 2. The second-order valence-corrected chi connectivity index (χ2v) is 6.78. The van der Waals surface area contributed by atoms with Crippen LogP contribution >= 0.6 is 0 Å². The van der Waals surface area contributed by atoms with E-state index in [0.717, 1.165) is 23.3 Å². The predicted octanol–water partition coefficient (Wildman–Crippen LogP) is 2.52. The van der Waals surface area contributed by atoms with Crippen molar-refractivity contribution < 1.29 is 0 Å². The molecule has 1 aliphatic carbocycles. The van der Waals surface area contributed by atoms with Crippen LogP contribution in [0.1, 0.15) is 46.4 Å². The number of imidazole rings is 1. The third-order valence-corrected chi connectivity index (χ3v) is 5.30. The average Bonchev–Trinajstić information content (AvgIpc) is 2.65. The van der Waals surface area contributed by atoms with Crippen molar-refractivity contribution in [3.05, 3.63) is 5.69 Å². The number of fused-ring (bicyclic) bond motifs is 1. The fraction of sp³-hybridized carbons (Fsp3) is 0.714. The van der Waals surface area contributed by atoms with E-state index in [2.05, 4.69) is 49.3 Å². The van der Waals surface area contributed by atoms with Gasteiger partial charge in [-0.1, -0.05) is 34.6 Å². The van der Waals surface area contributed by atoms with E-state index >= 15 is 0 Å². The number of aromatic nitrogens is 4. The first-order valence-electron chi connectivity index (χ1n) is 6.92. The highest BCUT2D eigenvalue weighted by molar-refractivity contribution is 5.78. The minimum absolute atomic E-state index is 0.228. The zero-order valence-corrected chi connectivity index (χ0v) is 12.7. The summed E-state index contributed by atoms with van der Waals surface area (Å²) >= 11 is 0. The molecule has 2 aromatic heterocycles. The normalized spacial score (nSPS) is 21.2. The Morgan fingerprint density at radius 1 is 1.21 bits per heavy atom. The second kappa shape index (κ2) is 3.32. The number of nitrogens with zero attached hydrogens (tertiary/aromatic N) is 4. The first kappa shape index (κ1) is 12.5. The summed E-state index contributed by atoms with van der Waals surface area (Å²) in [6.07, 6.45) is 0.880. The Morgan fingerprint density at radius 2 is 1.79 bits per heavy atom. The van der Waals surface area contributed by atoms with E-state index in [4.69, 9.17) is 5.73 Å². The predicted molar refractivity (Wildman–Crippen MR) is 76.9 cm³/mol. The van der Waals surface area contributed by atoms with Gasteiger partial charge < -0.3 is 5.73 Å². The number of aryl methyl sites for hydroxylation is 2. The molecule has 0 spiro atoms. The Kier molecular flexibility index (Phi) is 2.19. The second-order valence-electron chi connectivity index (χ2n) is 6.78. The topological polar surface area (TPSA) is 61.7 Å². The molecule has 0 bridgehead atoms. The molecule has 0 atom stereocenters. The van der Waals surface area contributed by atoms with Crippen molar-refractivity contribution in [3.8, 4) is 0 Å². The smallest absolute Gasteiger partial charge is 0.202 e. The highest BCUT2D eigenvalue weighted by atomic mass is 15.4. The summed E-state index contributed by atoms with van der Waals surface area (Å²) < 4.78 is 4.10. The Hall–Kier alpha value is -1.52. The molecule has 0 radical (unpaired) electrons. The van der Waals surface area contributed by atoms with Gasteiger partial charge in [-0.05, 0) is 17.3 Å². The molecule has 1 saturated carbocycles. The molecule has 0 aliphatic heterocycles. The van der Waals surface area contributed by atoms with Crippen LogP contribution in [0.5, 0.6) is 0 Å². The maximum Gasteiger partial charge on any atom is 0.202 e. The van der Waals surface area contributed by atoms with Gasteiger partial charge in [0.15, 0.2) is 5.65 Å². The van der Waals surface area contributed by atoms with Gasteiger partial charge in [-0.2, -0.15) is 5.10 Å². The lowest BCUT2D eigenvalue weighted by Crippen LogP contribution is -2.09. The Morgan fingerprint density at radius 3 is 2.26 bits per heavy atom. The standard InChI is InChI=1S/C14H23N5/c1-7-8-9-10(18(6)17-8)19(12(15)16-9)11-13(2,3)14(11,4)5/h11H,7H2,1-6H3,(H2,15,16). The summed E-state index contributed by atoms with van der Waals surface area (Å²) in [5.41, 5.74) is 9.68. The summed E-state index contributed by atoms with van der Waals surface area (Å²) in [6.45, 7) is 11.3. The molecular formula is C14H23N5. The Bertz CT molecular complexity index is 645. The van der Waals surface area contributed by atoms with Gasteiger partial charge in [-0.25, -0.2) is 4.98 Å². The van der Waals surface area contributed by atoms with Crippen molar-refractivity contribution in [1.82, 2.24) is 19.3 Å². The van der Waals surface area contributed by atoms with E-state index in [1.807, 2.05) is 11.7 Å². The van der Waals surface area contributed by atoms with Gasteiger partial charge in [0.1, 0.15) is 5.52 Å². The lowest BCUT2D eigenvalue weighted by molar-refractivity contribution is 0.457. The van der Waals surface area contributed by atoms with Gasteiger partial charge in [0.05, 0.1) is 5.69 Å². The minimum Gasteiger partial charge on any atom is -0.369 e. The van der Waals surface area contributed by atoms with E-state index in [9.17, 15) is 0 Å². The Balaban J connectivity index is 2.26. The molecule has 3 rings (SSSR count). The fourth-order valence-corrected chi connectivity index (χ4v) is 3.52. The largest absolute Gasteiger partial charge is 0.369 e. The molecule has 104 valence electrons. The molecule has 2 aromatic rings. The number of nitrogen functional groups attached to an aromatic ring is 1. The average molecular weight is 261 g/mol. The lowest BCUT2D eigenvalue weighted by atomic mass is 10.0.